The first-order valence-electron chi connectivity index (χ1n) is 8.10. The second kappa shape index (κ2) is 6.34. The molecule has 0 N–H and O–H groups in total. The summed E-state index contributed by atoms with van der Waals surface area (Å²) in [6.45, 7) is 5.39. The number of nitrogens with zero attached hydrogens (tertiary/aromatic N) is 3. The summed E-state index contributed by atoms with van der Waals surface area (Å²) < 4.78 is 5.49. The molecule has 0 saturated carbocycles. The maximum atomic E-state index is 6.46. The number of halogens is 2. The molecular weight excluding hydrogens is 333 g/mol. The van der Waals surface area contributed by atoms with Gasteiger partial charge in [-0.3, -0.25) is 0 Å². The molecule has 2 aliphatic rings. The van der Waals surface area contributed by atoms with E-state index in [4.69, 9.17) is 32.9 Å². The molecule has 6 heteroatoms. The van der Waals surface area contributed by atoms with E-state index in [1.165, 1.54) is 18.5 Å². The Morgan fingerprint density at radius 3 is 2.43 bits per heavy atom. The summed E-state index contributed by atoms with van der Waals surface area (Å²) >= 11 is 12.7. The van der Waals surface area contributed by atoms with Gasteiger partial charge in [0, 0.05) is 37.6 Å². The Hall–Kier alpha value is -1.23. The Morgan fingerprint density at radius 1 is 0.957 bits per heavy atom. The second-order valence-electron chi connectivity index (χ2n) is 6.05. The predicted molar refractivity (Wildman–Crippen MR) is 96.2 cm³/mol. The van der Waals surface area contributed by atoms with E-state index in [0.717, 1.165) is 56.1 Å². The van der Waals surface area contributed by atoms with Crippen LogP contribution in [0.2, 0.25) is 10.0 Å². The molecule has 2 aromatic rings. The normalized spacial score (nSPS) is 18.9. The lowest BCUT2D eigenvalue weighted by Crippen LogP contribution is -2.36. The van der Waals surface area contributed by atoms with Crippen LogP contribution in [-0.4, -0.2) is 44.4 Å². The first kappa shape index (κ1) is 15.3. The molecular formula is C17H19Cl2N3O. The Bertz CT molecular complexity index is 725. The lowest BCUT2D eigenvalue weighted by Gasteiger charge is -2.31. The van der Waals surface area contributed by atoms with E-state index in [2.05, 4.69) is 15.9 Å². The lowest BCUT2D eigenvalue weighted by molar-refractivity contribution is 0.123. The van der Waals surface area contributed by atoms with E-state index in [0.29, 0.717) is 10.0 Å². The van der Waals surface area contributed by atoms with Gasteiger partial charge in [-0.05, 0) is 25.0 Å². The number of benzene rings is 1. The average molecular weight is 352 g/mol. The van der Waals surface area contributed by atoms with Crippen LogP contribution in [0.25, 0.3) is 10.9 Å². The molecule has 2 saturated heterocycles. The van der Waals surface area contributed by atoms with Crippen molar-refractivity contribution in [3.63, 3.8) is 0 Å². The van der Waals surface area contributed by atoms with Gasteiger partial charge in [0.05, 0.1) is 34.5 Å². The number of pyridine rings is 1. The third-order valence-electron chi connectivity index (χ3n) is 4.62. The van der Waals surface area contributed by atoms with Crippen molar-refractivity contribution in [1.29, 1.82) is 0 Å². The summed E-state index contributed by atoms with van der Waals surface area (Å²) in [7, 11) is 0. The van der Waals surface area contributed by atoms with Crippen molar-refractivity contribution >= 4 is 45.6 Å². The number of rotatable bonds is 2. The van der Waals surface area contributed by atoms with Crippen molar-refractivity contribution in [2.24, 2.45) is 0 Å². The molecule has 4 nitrogen and oxygen atoms in total. The molecule has 1 aromatic carbocycles. The Kier molecular flexibility index (Phi) is 4.22. The van der Waals surface area contributed by atoms with Crippen molar-refractivity contribution in [1.82, 2.24) is 4.98 Å². The molecule has 23 heavy (non-hydrogen) atoms. The van der Waals surface area contributed by atoms with Crippen LogP contribution < -0.4 is 9.80 Å². The van der Waals surface area contributed by atoms with Gasteiger partial charge in [-0.1, -0.05) is 23.2 Å². The van der Waals surface area contributed by atoms with E-state index >= 15 is 0 Å². The monoisotopic (exact) mass is 351 g/mol. The van der Waals surface area contributed by atoms with Crippen molar-refractivity contribution in [2.75, 3.05) is 49.2 Å². The van der Waals surface area contributed by atoms with Gasteiger partial charge in [0.15, 0.2) is 0 Å². The molecule has 2 fully saturated rings. The molecule has 2 aliphatic heterocycles. The van der Waals surface area contributed by atoms with Gasteiger partial charge < -0.3 is 14.5 Å². The molecule has 0 unspecified atom stereocenters. The molecule has 0 aliphatic carbocycles. The van der Waals surface area contributed by atoms with Crippen LogP contribution in [0.5, 0.6) is 0 Å². The Morgan fingerprint density at radius 2 is 1.70 bits per heavy atom. The largest absolute Gasteiger partial charge is 0.378 e. The summed E-state index contributed by atoms with van der Waals surface area (Å²) in [5, 5.41) is 2.15. The highest BCUT2D eigenvalue weighted by atomic mass is 35.5. The van der Waals surface area contributed by atoms with E-state index in [1.54, 1.807) is 0 Å². The number of fused-ring (bicyclic) bond motifs is 1. The van der Waals surface area contributed by atoms with Crippen molar-refractivity contribution in [2.45, 2.75) is 12.8 Å². The number of hydrogen-bond acceptors (Lipinski definition) is 4. The molecule has 3 heterocycles. The fourth-order valence-corrected chi connectivity index (χ4v) is 3.74. The number of ether oxygens (including phenoxy) is 1. The molecule has 4 rings (SSSR count). The van der Waals surface area contributed by atoms with Crippen LogP contribution in [0.15, 0.2) is 18.2 Å². The van der Waals surface area contributed by atoms with Crippen LogP contribution in [0, 0.1) is 0 Å². The summed E-state index contributed by atoms with van der Waals surface area (Å²) in [6.07, 6.45) is 2.44. The standard InChI is InChI=1S/C17H19Cl2N3O/c18-13-4-3-12-14(21-7-9-23-10-8-21)11-15(20-17(12)16(13)19)22-5-1-2-6-22/h3-4,11H,1-2,5-10H2. The minimum absolute atomic E-state index is 0.541. The van der Waals surface area contributed by atoms with Crippen molar-refractivity contribution < 1.29 is 4.74 Å². The predicted octanol–water partition coefficient (Wildman–Crippen LogP) is 3.98. The summed E-state index contributed by atoms with van der Waals surface area (Å²) in [5.74, 6) is 1.00. The van der Waals surface area contributed by atoms with Gasteiger partial charge in [-0.25, -0.2) is 4.98 Å². The number of anilines is 2. The zero-order valence-corrected chi connectivity index (χ0v) is 14.4. The van der Waals surface area contributed by atoms with Crippen LogP contribution in [-0.2, 0) is 4.74 Å². The van der Waals surface area contributed by atoms with Crippen LogP contribution in [0.4, 0.5) is 11.5 Å². The van der Waals surface area contributed by atoms with Crippen LogP contribution >= 0.6 is 23.2 Å². The number of aromatic nitrogens is 1. The molecule has 0 amide bonds. The van der Waals surface area contributed by atoms with Gasteiger partial charge in [0.2, 0.25) is 0 Å². The molecule has 1 aromatic heterocycles. The minimum Gasteiger partial charge on any atom is -0.378 e. The highest BCUT2D eigenvalue weighted by molar-refractivity contribution is 6.45. The van der Waals surface area contributed by atoms with Crippen LogP contribution in [0.1, 0.15) is 12.8 Å². The van der Waals surface area contributed by atoms with E-state index < -0.39 is 0 Å². The highest BCUT2D eigenvalue weighted by Gasteiger charge is 2.21. The molecule has 122 valence electrons. The molecule has 0 radical (unpaired) electrons. The SMILES string of the molecule is Clc1ccc2c(N3CCOCC3)cc(N3CCCC3)nc2c1Cl. The summed E-state index contributed by atoms with van der Waals surface area (Å²) in [5.41, 5.74) is 1.98. The zero-order valence-electron chi connectivity index (χ0n) is 12.9. The topological polar surface area (TPSA) is 28.6 Å². The van der Waals surface area contributed by atoms with Crippen molar-refractivity contribution in [3.8, 4) is 0 Å². The number of hydrogen-bond donors (Lipinski definition) is 0. The van der Waals surface area contributed by atoms with E-state index in [9.17, 15) is 0 Å². The lowest BCUT2D eigenvalue weighted by atomic mass is 10.1. The van der Waals surface area contributed by atoms with Gasteiger partial charge in [0.1, 0.15) is 5.82 Å². The first-order chi connectivity index (χ1) is 11.2. The fraction of sp³-hybridized carbons (Fsp3) is 0.471. The number of morpholine rings is 1. The molecule has 0 bridgehead atoms. The highest BCUT2D eigenvalue weighted by Crippen LogP contribution is 2.37. The van der Waals surface area contributed by atoms with Gasteiger partial charge in [0.25, 0.3) is 0 Å². The van der Waals surface area contributed by atoms with E-state index in [-0.39, 0.29) is 0 Å². The zero-order chi connectivity index (χ0) is 15.8. The second-order valence-corrected chi connectivity index (χ2v) is 6.84. The quantitative estimate of drug-likeness (QED) is 0.818. The summed E-state index contributed by atoms with van der Waals surface area (Å²) in [6, 6.07) is 6.08. The third-order valence-corrected chi connectivity index (χ3v) is 5.41. The van der Waals surface area contributed by atoms with Gasteiger partial charge in [-0.2, -0.15) is 0 Å². The fourth-order valence-electron chi connectivity index (χ4n) is 3.38. The Balaban J connectivity index is 1.88. The van der Waals surface area contributed by atoms with Crippen molar-refractivity contribution in [3.05, 3.63) is 28.2 Å². The van der Waals surface area contributed by atoms with Gasteiger partial charge >= 0.3 is 0 Å². The minimum atomic E-state index is 0.541. The van der Waals surface area contributed by atoms with E-state index in [1.807, 2.05) is 12.1 Å². The maximum Gasteiger partial charge on any atom is 0.131 e. The first-order valence-corrected chi connectivity index (χ1v) is 8.86. The summed E-state index contributed by atoms with van der Waals surface area (Å²) in [4.78, 5) is 9.52. The third kappa shape index (κ3) is 2.84. The molecule has 0 spiro atoms. The van der Waals surface area contributed by atoms with Crippen LogP contribution in [0.3, 0.4) is 0 Å². The average Bonchev–Trinajstić information content (AvgIpc) is 3.13. The smallest absolute Gasteiger partial charge is 0.131 e. The molecule has 0 atom stereocenters. The maximum absolute atomic E-state index is 6.46. The van der Waals surface area contributed by atoms with Gasteiger partial charge in [-0.15, -0.1) is 0 Å². The Labute approximate surface area is 145 Å².